The molecule has 2 N–H and O–H groups in total. The summed E-state index contributed by atoms with van der Waals surface area (Å²) in [5.41, 5.74) is 6.16. The van der Waals surface area contributed by atoms with Crippen LogP contribution in [-0.4, -0.2) is 0 Å². The van der Waals surface area contributed by atoms with E-state index in [2.05, 4.69) is 0 Å². The summed E-state index contributed by atoms with van der Waals surface area (Å²) in [6.07, 6.45) is 0. The maximum atomic E-state index is 13.7. The van der Waals surface area contributed by atoms with Gasteiger partial charge in [-0.3, -0.25) is 0 Å². The lowest BCUT2D eigenvalue weighted by molar-refractivity contribution is 0.599. The largest absolute Gasteiger partial charge is 0.326 e. The van der Waals surface area contributed by atoms with Gasteiger partial charge in [0.15, 0.2) is 0 Å². The average Bonchev–Trinajstić information content (AvgIpc) is 2.32. The van der Waals surface area contributed by atoms with E-state index < -0.39 is 0 Å². The lowest BCUT2D eigenvalue weighted by atomic mass is 10.2. The molecule has 0 amide bonds. The van der Waals surface area contributed by atoms with Crippen molar-refractivity contribution in [3.05, 3.63) is 59.7 Å². The molecule has 0 unspecified atom stereocenters. The van der Waals surface area contributed by atoms with E-state index in [1.165, 1.54) is 30.0 Å². The van der Waals surface area contributed by atoms with Crippen molar-refractivity contribution in [3.8, 4) is 0 Å². The van der Waals surface area contributed by atoms with Gasteiger partial charge in [-0.15, -0.1) is 0 Å². The second kappa shape index (κ2) is 5.29. The summed E-state index contributed by atoms with van der Waals surface area (Å²) in [5, 5.41) is 0. The molecule has 0 radical (unpaired) electrons. The topological polar surface area (TPSA) is 26.0 Å². The molecule has 0 heterocycles. The summed E-state index contributed by atoms with van der Waals surface area (Å²) in [7, 11) is 0. The van der Waals surface area contributed by atoms with Crippen LogP contribution in [0.15, 0.2) is 52.3 Å². The van der Waals surface area contributed by atoms with Crippen LogP contribution in [0.5, 0.6) is 0 Å². The molecule has 0 saturated carbocycles. The van der Waals surface area contributed by atoms with Gasteiger partial charge >= 0.3 is 0 Å². The van der Waals surface area contributed by atoms with E-state index in [1.807, 2.05) is 0 Å². The van der Waals surface area contributed by atoms with Crippen LogP contribution in [0.1, 0.15) is 5.56 Å². The van der Waals surface area contributed by atoms with Crippen molar-refractivity contribution in [1.29, 1.82) is 0 Å². The summed E-state index contributed by atoms with van der Waals surface area (Å²) in [6.45, 7) is 0.307. The number of hydrogen-bond acceptors (Lipinski definition) is 2. The molecule has 0 fully saturated rings. The van der Waals surface area contributed by atoms with E-state index in [0.717, 1.165) is 5.56 Å². The SMILES string of the molecule is NCc1ccc(Sc2cccc(F)c2)c(F)c1. The van der Waals surface area contributed by atoms with Crippen molar-refractivity contribution in [1.82, 2.24) is 0 Å². The fourth-order valence-corrected chi connectivity index (χ4v) is 2.28. The van der Waals surface area contributed by atoms with E-state index in [0.29, 0.717) is 16.3 Å². The number of benzene rings is 2. The van der Waals surface area contributed by atoms with Gasteiger partial charge in [-0.05, 0) is 35.9 Å². The van der Waals surface area contributed by atoms with Crippen molar-refractivity contribution >= 4 is 11.8 Å². The van der Waals surface area contributed by atoms with Crippen molar-refractivity contribution in [2.24, 2.45) is 5.73 Å². The maximum Gasteiger partial charge on any atom is 0.137 e. The molecule has 2 aromatic rings. The molecule has 0 bridgehead atoms. The molecule has 1 nitrogen and oxygen atoms in total. The molecule has 2 aromatic carbocycles. The van der Waals surface area contributed by atoms with Gasteiger partial charge in [-0.1, -0.05) is 23.9 Å². The van der Waals surface area contributed by atoms with Crippen molar-refractivity contribution in [2.75, 3.05) is 0 Å². The van der Waals surface area contributed by atoms with Crippen LogP contribution < -0.4 is 5.73 Å². The first kappa shape index (κ1) is 12.1. The number of nitrogens with two attached hydrogens (primary N) is 1. The first-order valence-electron chi connectivity index (χ1n) is 5.11. The van der Waals surface area contributed by atoms with Crippen molar-refractivity contribution in [2.45, 2.75) is 16.3 Å². The van der Waals surface area contributed by atoms with Crippen LogP contribution >= 0.6 is 11.8 Å². The van der Waals surface area contributed by atoms with E-state index in [1.54, 1.807) is 24.3 Å². The van der Waals surface area contributed by atoms with Gasteiger partial charge in [0.05, 0.1) is 0 Å². The van der Waals surface area contributed by atoms with E-state index >= 15 is 0 Å². The Hall–Kier alpha value is -1.39. The van der Waals surface area contributed by atoms with Gasteiger partial charge in [-0.25, -0.2) is 8.78 Å². The summed E-state index contributed by atoms with van der Waals surface area (Å²) >= 11 is 1.19. The number of rotatable bonds is 3. The van der Waals surface area contributed by atoms with Crippen LogP contribution in [0.4, 0.5) is 8.78 Å². The highest BCUT2D eigenvalue weighted by Crippen LogP contribution is 2.30. The number of halogens is 2. The van der Waals surface area contributed by atoms with Gasteiger partial charge in [0.1, 0.15) is 11.6 Å². The summed E-state index contributed by atoms with van der Waals surface area (Å²) in [5.74, 6) is -0.656. The fourth-order valence-electron chi connectivity index (χ4n) is 1.41. The fraction of sp³-hybridized carbons (Fsp3) is 0.0769. The van der Waals surface area contributed by atoms with Gasteiger partial charge in [0.25, 0.3) is 0 Å². The Morgan fingerprint density at radius 3 is 2.53 bits per heavy atom. The molecular formula is C13H11F2NS. The van der Waals surface area contributed by atoms with Crippen LogP contribution in [-0.2, 0) is 6.54 Å². The Balaban J connectivity index is 2.24. The molecule has 0 aliphatic heterocycles. The molecule has 4 heteroatoms. The molecule has 2 rings (SSSR count). The standard InChI is InChI=1S/C13H11F2NS/c14-10-2-1-3-11(7-10)17-13-5-4-9(8-16)6-12(13)15/h1-7H,8,16H2. The second-order valence-corrected chi connectivity index (χ2v) is 4.64. The predicted octanol–water partition coefficient (Wildman–Crippen LogP) is 3.57. The molecule has 0 aliphatic carbocycles. The average molecular weight is 251 g/mol. The minimum absolute atomic E-state index is 0.307. The molecular weight excluding hydrogens is 240 g/mol. The summed E-state index contributed by atoms with van der Waals surface area (Å²) in [6, 6.07) is 10.9. The Morgan fingerprint density at radius 1 is 1.06 bits per heavy atom. The monoisotopic (exact) mass is 251 g/mol. The summed E-state index contributed by atoms with van der Waals surface area (Å²) in [4.78, 5) is 1.14. The minimum Gasteiger partial charge on any atom is -0.326 e. The molecule has 17 heavy (non-hydrogen) atoms. The Morgan fingerprint density at radius 2 is 1.88 bits per heavy atom. The predicted molar refractivity (Wildman–Crippen MR) is 64.8 cm³/mol. The normalized spacial score (nSPS) is 10.5. The highest BCUT2D eigenvalue weighted by atomic mass is 32.2. The lowest BCUT2D eigenvalue weighted by Crippen LogP contribution is -1.96. The van der Waals surface area contributed by atoms with Gasteiger partial charge in [-0.2, -0.15) is 0 Å². The zero-order chi connectivity index (χ0) is 12.3. The molecule has 0 aliphatic rings. The maximum absolute atomic E-state index is 13.7. The number of hydrogen-bond donors (Lipinski definition) is 1. The first-order valence-corrected chi connectivity index (χ1v) is 5.92. The lowest BCUT2D eigenvalue weighted by Gasteiger charge is -2.05. The van der Waals surface area contributed by atoms with E-state index in [-0.39, 0.29) is 11.6 Å². The Kier molecular flexibility index (Phi) is 3.76. The zero-order valence-corrected chi connectivity index (χ0v) is 9.81. The van der Waals surface area contributed by atoms with Crippen LogP contribution in [0, 0.1) is 11.6 Å². The molecule has 0 saturated heterocycles. The third-order valence-electron chi connectivity index (χ3n) is 2.26. The first-order chi connectivity index (χ1) is 8.19. The smallest absolute Gasteiger partial charge is 0.137 e. The zero-order valence-electron chi connectivity index (χ0n) is 8.99. The Bertz CT molecular complexity index is 529. The molecule has 88 valence electrons. The Labute approximate surface area is 103 Å². The van der Waals surface area contributed by atoms with Crippen LogP contribution in [0.25, 0.3) is 0 Å². The second-order valence-electron chi connectivity index (χ2n) is 3.53. The summed E-state index contributed by atoms with van der Waals surface area (Å²) < 4.78 is 26.6. The van der Waals surface area contributed by atoms with Gasteiger partial charge in [0.2, 0.25) is 0 Å². The molecule has 0 spiro atoms. The third-order valence-corrected chi connectivity index (χ3v) is 3.30. The van der Waals surface area contributed by atoms with Crippen LogP contribution in [0.2, 0.25) is 0 Å². The highest BCUT2D eigenvalue weighted by molar-refractivity contribution is 7.99. The van der Waals surface area contributed by atoms with E-state index in [9.17, 15) is 8.78 Å². The van der Waals surface area contributed by atoms with Crippen molar-refractivity contribution in [3.63, 3.8) is 0 Å². The quantitative estimate of drug-likeness (QED) is 0.902. The van der Waals surface area contributed by atoms with E-state index in [4.69, 9.17) is 5.73 Å². The van der Waals surface area contributed by atoms with Crippen molar-refractivity contribution < 1.29 is 8.78 Å². The van der Waals surface area contributed by atoms with Gasteiger partial charge < -0.3 is 5.73 Å². The van der Waals surface area contributed by atoms with Crippen LogP contribution in [0.3, 0.4) is 0 Å². The third kappa shape index (κ3) is 3.05. The minimum atomic E-state index is -0.331. The highest BCUT2D eigenvalue weighted by Gasteiger charge is 2.05. The molecule has 0 aromatic heterocycles. The molecule has 0 atom stereocenters. The van der Waals surface area contributed by atoms with Gasteiger partial charge in [0, 0.05) is 16.3 Å².